The molecule has 0 aromatic rings. The van der Waals surface area contributed by atoms with E-state index >= 15 is 0 Å². The molecule has 0 aliphatic heterocycles. The van der Waals surface area contributed by atoms with Crippen LogP contribution in [0.1, 0.15) is 72.1 Å². The van der Waals surface area contributed by atoms with Gasteiger partial charge in [-0.2, -0.15) is 0 Å². The van der Waals surface area contributed by atoms with Gasteiger partial charge in [-0.3, -0.25) is 0 Å². The zero-order valence-corrected chi connectivity index (χ0v) is 19.9. The van der Waals surface area contributed by atoms with E-state index in [-0.39, 0.29) is 0 Å². The summed E-state index contributed by atoms with van der Waals surface area (Å²) in [5.41, 5.74) is 0. The Labute approximate surface area is 152 Å². The third-order valence-corrected chi connectivity index (χ3v) is 21.3. The number of rotatable bonds is 17. The van der Waals surface area contributed by atoms with Crippen molar-refractivity contribution >= 4 is 18.4 Å². The number of unbranched alkanes of at least 4 members (excludes halogenated alkanes) is 3. The first-order chi connectivity index (χ1) is 11.1. The van der Waals surface area contributed by atoms with Crippen LogP contribution in [-0.2, 0) is 0 Å². The van der Waals surface area contributed by atoms with Gasteiger partial charge in [-0.15, -0.1) is 0 Å². The molecule has 0 spiro atoms. The molecule has 0 radical (unpaired) electrons. The first-order valence-corrected chi connectivity index (χ1v) is 18.5. The predicted molar refractivity (Wildman–Crippen MR) is 110 cm³/mol. The average molecular weight is 433 g/mol. The fraction of sp³-hybridized carbons (Fsp3) is 1.00. The molecule has 3 heteroatoms. The van der Waals surface area contributed by atoms with Crippen LogP contribution in [0.15, 0.2) is 0 Å². The maximum absolute atomic E-state index is 3.69. The summed E-state index contributed by atoms with van der Waals surface area (Å²) in [5.74, 6) is 0. The van der Waals surface area contributed by atoms with E-state index < -0.39 is 18.4 Å². The van der Waals surface area contributed by atoms with Crippen LogP contribution >= 0.6 is 0 Å². The predicted octanol–water partition coefficient (Wildman–Crippen LogP) is 5.77. The topological polar surface area (TPSA) is 15.3 Å². The summed E-state index contributed by atoms with van der Waals surface area (Å²) in [5, 5.41) is 3.69. The Kier molecular flexibility index (Phi) is 16.7. The standard InChI is InChI=1S/C8H19N2.3C4H9.Sn/c1-4-6-9-7-5-8-10(2)3;3*1-3-4-2;/h9H,1,4-8H2,2-3H3;3*1,3-4H2,2H3;. The van der Waals surface area contributed by atoms with E-state index in [9.17, 15) is 0 Å². The van der Waals surface area contributed by atoms with E-state index in [0.717, 1.165) is 0 Å². The van der Waals surface area contributed by atoms with Crippen molar-refractivity contribution in [1.82, 2.24) is 10.2 Å². The van der Waals surface area contributed by atoms with Crippen LogP contribution in [-0.4, -0.2) is 57.0 Å². The molecule has 0 fully saturated rings. The van der Waals surface area contributed by atoms with Gasteiger partial charge in [-0.25, -0.2) is 0 Å². The molecule has 0 saturated heterocycles. The Hall–Kier alpha value is 0.719. The van der Waals surface area contributed by atoms with Gasteiger partial charge >= 0.3 is 152 Å². The van der Waals surface area contributed by atoms with Crippen molar-refractivity contribution in [3.63, 3.8) is 0 Å². The normalized spacial score (nSPS) is 12.3. The number of nitrogens with zero attached hydrogens (tertiary/aromatic N) is 1. The summed E-state index contributed by atoms with van der Waals surface area (Å²) in [7, 11) is 4.33. The van der Waals surface area contributed by atoms with Gasteiger partial charge in [0.15, 0.2) is 0 Å². The molecule has 0 bridgehead atoms. The third-order valence-electron chi connectivity index (χ3n) is 5.20. The Bertz CT molecular complexity index is 222. The van der Waals surface area contributed by atoms with Gasteiger partial charge in [0.2, 0.25) is 0 Å². The van der Waals surface area contributed by atoms with E-state index in [2.05, 4.69) is 45.1 Å². The molecule has 0 saturated carbocycles. The summed E-state index contributed by atoms with van der Waals surface area (Å²) in [6.07, 6.45) is 11.5. The van der Waals surface area contributed by atoms with Gasteiger partial charge in [-0.1, -0.05) is 0 Å². The Morgan fingerprint density at radius 3 is 1.52 bits per heavy atom. The van der Waals surface area contributed by atoms with E-state index in [0.29, 0.717) is 0 Å². The Morgan fingerprint density at radius 2 is 1.09 bits per heavy atom. The van der Waals surface area contributed by atoms with E-state index in [1.807, 2.05) is 0 Å². The summed E-state index contributed by atoms with van der Waals surface area (Å²) >= 11 is -1.83. The van der Waals surface area contributed by atoms with Crippen molar-refractivity contribution in [1.29, 1.82) is 0 Å². The average Bonchev–Trinajstić information content (AvgIpc) is 2.54. The molecule has 140 valence electrons. The van der Waals surface area contributed by atoms with Crippen molar-refractivity contribution < 1.29 is 0 Å². The molecular weight excluding hydrogens is 387 g/mol. The second-order valence-electron chi connectivity index (χ2n) is 7.82. The second-order valence-corrected chi connectivity index (χ2v) is 22.1. The molecule has 0 aromatic carbocycles. The monoisotopic (exact) mass is 434 g/mol. The Morgan fingerprint density at radius 1 is 0.652 bits per heavy atom. The SMILES string of the molecule is CCC[CH2][Sn]([CH2]CCC)([CH2]CCC)[CH2]CCNCCCN(C)C. The summed E-state index contributed by atoms with van der Waals surface area (Å²) in [6.45, 7) is 10.8. The van der Waals surface area contributed by atoms with Crippen molar-refractivity contribution in [3.05, 3.63) is 0 Å². The van der Waals surface area contributed by atoms with Crippen LogP contribution in [0.5, 0.6) is 0 Å². The molecular formula is C20H46N2Sn. The number of hydrogen-bond acceptors (Lipinski definition) is 2. The van der Waals surface area contributed by atoms with E-state index in [1.54, 1.807) is 17.7 Å². The number of nitrogens with one attached hydrogen (secondary N) is 1. The van der Waals surface area contributed by atoms with Crippen molar-refractivity contribution in [2.45, 2.75) is 89.9 Å². The fourth-order valence-electron chi connectivity index (χ4n) is 3.64. The molecule has 2 nitrogen and oxygen atoms in total. The maximum atomic E-state index is 3.69. The molecule has 0 aliphatic rings. The summed E-state index contributed by atoms with van der Waals surface area (Å²) in [4.78, 5) is 2.28. The minimum absolute atomic E-state index is 1.19. The van der Waals surface area contributed by atoms with Gasteiger partial charge in [0, 0.05) is 0 Å². The zero-order valence-electron chi connectivity index (χ0n) is 17.1. The Balaban J connectivity index is 4.19. The van der Waals surface area contributed by atoms with Crippen molar-refractivity contribution in [3.8, 4) is 0 Å². The number of hydrogen-bond donors (Lipinski definition) is 1. The van der Waals surface area contributed by atoms with Gasteiger partial charge < -0.3 is 0 Å². The molecule has 23 heavy (non-hydrogen) atoms. The fourth-order valence-corrected chi connectivity index (χ4v) is 20.0. The molecule has 0 atom stereocenters. The van der Waals surface area contributed by atoms with E-state index in [4.69, 9.17) is 0 Å². The van der Waals surface area contributed by atoms with Gasteiger partial charge in [-0.05, 0) is 0 Å². The quantitative estimate of drug-likeness (QED) is 0.232. The molecule has 0 rings (SSSR count). The molecule has 0 aliphatic carbocycles. The van der Waals surface area contributed by atoms with Gasteiger partial charge in [0.05, 0.1) is 0 Å². The molecule has 0 aromatic heterocycles. The first-order valence-electron chi connectivity index (χ1n) is 10.5. The van der Waals surface area contributed by atoms with Gasteiger partial charge in [0.25, 0.3) is 0 Å². The van der Waals surface area contributed by atoms with Crippen LogP contribution in [0, 0.1) is 0 Å². The minimum atomic E-state index is -1.83. The molecule has 0 unspecified atom stereocenters. The third kappa shape index (κ3) is 13.7. The molecule has 0 amide bonds. The summed E-state index contributed by atoms with van der Waals surface area (Å²) < 4.78 is 6.67. The van der Waals surface area contributed by atoms with Crippen LogP contribution in [0.3, 0.4) is 0 Å². The van der Waals surface area contributed by atoms with Crippen LogP contribution in [0.2, 0.25) is 17.7 Å². The summed E-state index contributed by atoms with van der Waals surface area (Å²) in [6, 6.07) is 0. The van der Waals surface area contributed by atoms with Crippen LogP contribution in [0.25, 0.3) is 0 Å². The van der Waals surface area contributed by atoms with E-state index in [1.165, 1.54) is 71.0 Å². The molecule has 0 heterocycles. The van der Waals surface area contributed by atoms with Gasteiger partial charge in [0.1, 0.15) is 0 Å². The van der Waals surface area contributed by atoms with Crippen molar-refractivity contribution in [2.75, 3.05) is 33.7 Å². The van der Waals surface area contributed by atoms with Crippen LogP contribution < -0.4 is 5.32 Å². The zero-order chi connectivity index (χ0) is 17.4. The second kappa shape index (κ2) is 16.2. The van der Waals surface area contributed by atoms with Crippen LogP contribution in [0.4, 0.5) is 0 Å². The van der Waals surface area contributed by atoms with Crippen molar-refractivity contribution in [2.24, 2.45) is 0 Å². The molecule has 1 N–H and O–H groups in total. The first kappa shape index (κ1) is 23.7.